The van der Waals surface area contributed by atoms with Crippen LogP contribution in [0.5, 0.6) is 0 Å². The fourth-order valence-corrected chi connectivity index (χ4v) is 5.25. The molecule has 0 atom stereocenters. The number of thioether (sulfide) groups is 1. The molecule has 4 heterocycles. The van der Waals surface area contributed by atoms with Gasteiger partial charge in [0.05, 0.1) is 4.91 Å². The lowest BCUT2D eigenvalue weighted by Gasteiger charge is -2.35. The predicted octanol–water partition coefficient (Wildman–Crippen LogP) is 4.06. The molecule has 0 spiro atoms. The first kappa shape index (κ1) is 20.4. The highest BCUT2D eigenvalue weighted by Crippen LogP contribution is 2.32. The van der Waals surface area contributed by atoms with E-state index in [0.29, 0.717) is 4.91 Å². The smallest absolute Gasteiger partial charge is 0.286 e. The van der Waals surface area contributed by atoms with Crippen LogP contribution in [0.4, 0.5) is 5.88 Å². The number of amidine groups is 1. The Bertz CT molecular complexity index is 970. The molecule has 7 heteroatoms. The van der Waals surface area contributed by atoms with E-state index in [2.05, 4.69) is 50.0 Å². The molecule has 162 valence electrons. The molecule has 6 nitrogen and oxygen atoms in total. The van der Waals surface area contributed by atoms with Gasteiger partial charge in [0.25, 0.3) is 5.91 Å². The standard InChI is InChI=1S/C24H28N4O2S/c29-23-21(17-20-9-10-22(30-20)27-11-5-2-6-12-27)31-24(25-23)28-15-13-26(14-16-28)18-19-7-3-1-4-8-19/h1,3-4,7-10,17H,2,5-6,11-16,18H2/b21-17-. The summed E-state index contributed by atoms with van der Waals surface area (Å²) in [5.74, 6) is 1.46. The van der Waals surface area contributed by atoms with E-state index in [1.54, 1.807) is 0 Å². The minimum atomic E-state index is -0.164. The van der Waals surface area contributed by atoms with Gasteiger partial charge in [-0.3, -0.25) is 9.69 Å². The number of piperidine rings is 1. The van der Waals surface area contributed by atoms with Crippen LogP contribution in [0, 0.1) is 0 Å². The zero-order valence-corrected chi connectivity index (χ0v) is 18.5. The molecule has 0 unspecified atom stereocenters. The van der Waals surface area contributed by atoms with Gasteiger partial charge in [-0.25, -0.2) is 0 Å². The van der Waals surface area contributed by atoms with E-state index < -0.39 is 0 Å². The Morgan fingerprint density at radius 2 is 1.68 bits per heavy atom. The fourth-order valence-electron chi connectivity index (χ4n) is 4.31. The third kappa shape index (κ3) is 4.88. The summed E-state index contributed by atoms with van der Waals surface area (Å²) in [4.78, 5) is 24.4. The normalized spacial score (nSPS) is 21.7. The predicted molar refractivity (Wildman–Crippen MR) is 126 cm³/mol. The van der Waals surface area contributed by atoms with E-state index in [1.807, 2.05) is 18.2 Å². The summed E-state index contributed by atoms with van der Waals surface area (Å²) in [5.41, 5.74) is 1.34. The van der Waals surface area contributed by atoms with Crippen molar-refractivity contribution in [3.05, 3.63) is 58.7 Å². The molecule has 0 N–H and O–H groups in total. The van der Waals surface area contributed by atoms with Crippen LogP contribution in [0.3, 0.4) is 0 Å². The Hall–Kier alpha value is -2.51. The number of amides is 1. The lowest BCUT2D eigenvalue weighted by atomic mass is 10.1. The van der Waals surface area contributed by atoms with Crippen molar-refractivity contribution in [2.75, 3.05) is 44.2 Å². The molecule has 0 saturated carbocycles. The first-order valence-electron chi connectivity index (χ1n) is 11.1. The molecule has 0 radical (unpaired) electrons. The molecule has 2 fully saturated rings. The zero-order valence-electron chi connectivity index (χ0n) is 17.7. The summed E-state index contributed by atoms with van der Waals surface area (Å²) in [6.45, 7) is 6.77. The summed E-state index contributed by atoms with van der Waals surface area (Å²) >= 11 is 1.47. The van der Waals surface area contributed by atoms with Gasteiger partial charge in [0, 0.05) is 58.0 Å². The second kappa shape index (κ2) is 9.32. The number of furan rings is 1. The summed E-state index contributed by atoms with van der Waals surface area (Å²) in [5, 5.41) is 0.818. The molecule has 1 amide bonds. The molecule has 0 bridgehead atoms. The lowest BCUT2D eigenvalue weighted by molar-refractivity contribution is -0.113. The third-order valence-electron chi connectivity index (χ3n) is 6.05. The quantitative estimate of drug-likeness (QED) is 0.674. The first-order chi connectivity index (χ1) is 15.2. The Morgan fingerprint density at radius 3 is 2.45 bits per heavy atom. The number of nitrogens with zero attached hydrogens (tertiary/aromatic N) is 4. The Labute approximate surface area is 187 Å². The van der Waals surface area contributed by atoms with Crippen molar-refractivity contribution in [1.29, 1.82) is 0 Å². The van der Waals surface area contributed by atoms with E-state index in [4.69, 9.17) is 4.42 Å². The summed E-state index contributed by atoms with van der Waals surface area (Å²) < 4.78 is 6.00. The number of carbonyl (C=O) groups excluding carboxylic acids is 1. The van der Waals surface area contributed by atoms with Crippen molar-refractivity contribution >= 4 is 34.8 Å². The van der Waals surface area contributed by atoms with Crippen LogP contribution in [0.1, 0.15) is 30.6 Å². The van der Waals surface area contributed by atoms with Crippen molar-refractivity contribution in [3.63, 3.8) is 0 Å². The average molecular weight is 437 g/mol. The van der Waals surface area contributed by atoms with Crippen LogP contribution < -0.4 is 4.90 Å². The minimum absolute atomic E-state index is 0.164. The summed E-state index contributed by atoms with van der Waals surface area (Å²) in [6.07, 6.45) is 5.55. The van der Waals surface area contributed by atoms with Crippen molar-refractivity contribution in [2.24, 2.45) is 4.99 Å². The number of hydrogen-bond donors (Lipinski definition) is 0. The van der Waals surface area contributed by atoms with E-state index in [9.17, 15) is 4.79 Å². The SMILES string of the molecule is O=C1N=C(N2CCN(Cc3ccccc3)CC2)S/C1=C\c1ccc(N2CCCCC2)o1. The van der Waals surface area contributed by atoms with Crippen LogP contribution in [0.15, 0.2) is 56.8 Å². The number of aliphatic imine (C=N–C) groups is 1. The molecule has 2 saturated heterocycles. The van der Waals surface area contributed by atoms with Crippen LogP contribution in [0.25, 0.3) is 6.08 Å². The van der Waals surface area contributed by atoms with Crippen LogP contribution in [-0.2, 0) is 11.3 Å². The highest BCUT2D eigenvalue weighted by molar-refractivity contribution is 8.18. The van der Waals surface area contributed by atoms with Crippen LogP contribution >= 0.6 is 11.8 Å². The minimum Gasteiger partial charge on any atom is -0.441 e. The van der Waals surface area contributed by atoms with Gasteiger partial charge in [-0.2, -0.15) is 4.99 Å². The van der Waals surface area contributed by atoms with E-state index in [0.717, 1.165) is 62.6 Å². The first-order valence-corrected chi connectivity index (χ1v) is 11.9. The number of carbonyl (C=O) groups is 1. The van der Waals surface area contributed by atoms with Gasteiger partial charge in [-0.1, -0.05) is 30.3 Å². The topological polar surface area (TPSA) is 52.3 Å². The number of piperazine rings is 1. The Balaban J connectivity index is 1.17. The maximum atomic E-state index is 12.5. The van der Waals surface area contributed by atoms with Gasteiger partial charge in [-0.15, -0.1) is 0 Å². The molecule has 1 aromatic heterocycles. The second-order valence-corrected chi connectivity index (χ2v) is 9.29. The van der Waals surface area contributed by atoms with E-state index in [-0.39, 0.29) is 5.91 Å². The van der Waals surface area contributed by atoms with Gasteiger partial charge >= 0.3 is 0 Å². The van der Waals surface area contributed by atoms with Crippen molar-refractivity contribution in [3.8, 4) is 0 Å². The number of rotatable bonds is 4. The average Bonchev–Trinajstić information content (AvgIpc) is 3.43. The van der Waals surface area contributed by atoms with Gasteiger partial charge in [0.15, 0.2) is 11.1 Å². The van der Waals surface area contributed by atoms with Crippen molar-refractivity contribution < 1.29 is 9.21 Å². The molecule has 3 aliphatic rings. The highest BCUT2D eigenvalue weighted by atomic mass is 32.2. The molecule has 3 aliphatic heterocycles. The number of hydrogen-bond acceptors (Lipinski definition) is 6. The molecular formula is C24H28N4O2S. The van der Waals surface area contributed by atoms with Gasteiger partial charge in [-0.05, 0) is 42.7 Å². The van der Waals surface area contributed by atoms with Crippen molar-refractivity contribution in [1.82, 2.24) is 9.80 Å². The molecule has 1 aromatic carbocycles. The number of anilines is 1. The van der Waals surface area contributed by atoms with Crippen LogP contribution in [0.2, 0.25) is 0 Å². The number of benzene rings is 1. The maximum Gasteiger partial charge on any atom is 0.286 e. The maximum absolute atomic E-state index is 12.5. The highest BCUT2D eigenvalue weighted by Gasteiger charge is 2.29. The van der Waals surface area contributed by atoms with Gasteiger partial charge < -0.3 is 14.2 Å². The lowest BCUT2D eigenvalue weighted by Crippen LogP contribution is -2.47. The molecule has 5 rings (SSSR count). The molecule has 0 aliphatic carbocycles. The van der Waals surface area contributed by atoms with Gasteiger partial charge in [0.2, 0.25) is 0 Å². The fraction of sp³-hybridized carbons (Fsp3) is 0.417. The third-order valence-corrected chi connectivity index (χ3v) is 7.10. The van der Waals surface area contributed by atoms with E-state index >= 15 is 0 Å². The molecular weight excluding hydrogens is 408 g/mol. The summed E-state index contributed by atoms with van der Waals surface area (Å²) in [6, 6.07) is 14.5. The molecule has 2 aromatic rings. The van der Waals surface area contributed by atoms with Crippen molar-refractivity contribution in [2.45, 2.75) is 25.8 Å². The largest absolute Gasteiger partial charge is 0.441 e. The zero-order chi connectivity index (χ0) is 21.0. The monoisotopic (exact) mass is 436 g/mol. The second-order valence-electron chi connectivity index (χ2n) is 8.28. The Morgan fingerprint density at radius 1 is 0.903 bits per heavy atom. The Kier molecular flexibility index (Phi) is 6.13. The van der Waals surface area contributed by atoms with E-state index in [1.165, 1.54) is 36.6 Å². The van der Waals surface area contributed by atoms with Crippen LogP contribution in [-0.4, -0.2) is 60.1 Å². The van der Waals surface area contributed by atoms with Gasteiger partial charge in [0.1, 0.15) is 5.76 Å². The molecule has 31 heavy (non-hydrogen) atoms. The summed E-state index contributed by atoms with van der Waals surface area (Å²) in [7, 11) is 0.